The predicted octanol–water partition coefficient (Wildman–Crippen LogP) is 3.95. The van der Waals surface area contributed by atoms with E-state index in [1.807, 2.05) is 59.5 Å². The predicted molar refractivity (Wildman–Crippen MR) is 130 cm³/mol. The molecule has 1 aliphatic heterocycles. The van der Waals surface area contributed by atoms with Gasteiger partial charge < -0.3 is 9.47 Å². The summed E-state index contributed by atoms with van der Waals surface area (Å²) in [7, 11) is 1.32. The molecule has 6 nitrogen and oxygen atoms in total. The molecule has 0 N–H and O–H groups in total. The van der Waals surface area contributed by atoms with Gasteiger partial charge in [0.05, 0.1) is 38.1 Å². The van der Waals surface area contributed by atoms with Crippen LogP contribution in [0.4, 0.5) is 0 Å². The van der Waals surface area contributed by atoms with Crippen molar-refractivity contribution in [2.45, 2.75) is 24.9 Å². The largest absolute Gasteiger partial charge is 0.468 e. The van der Waals surface area contributed by atoms with Crippen LogP contribution in [0.15, 0.2) is 78.9 Å². The number of hydrogen-bond acceptors (Lipinski definition) is 6. The molecule has 3 aromatic carbocycles. The summed E-state index contributed by atoms with van der Waals surface area (Å²) in [6, 6.07) is 25.2. The van der Waals surface area contributed by atoms with Gasteiger partial charge in [0.2, 0.25) is 0 Å². The highest BCUT2D eigenvalue weighted by Gasteiger charge is 2.59. The molecule has 5 rings (SSSR count). The molecule has 1 saturated heterocycles. The number of ketones is 1. The van der Waals surface area contributed by atoms with Crippen LogP contribution in [0, 0.1) is 5.92 Å². The van der Waals surface area contributed by atoms with Crippen LogP contribution in [0.2, 0.25) is 0 Å². The molecule has 2 aliphatic rings. The average Bonchev–Trinajstić information content (AvgIpc) is 3.37. The van der Waals surface area contributed by atoms with E-state index in [0.717, 1.165) is 27.8 Å². The summed E-state index contributed by atoms with van der Waals surface area (Å²) in [5, 5.41) is 0. The number of ether oxygens (including phenoxy) is 2. The first kappa shape index (κ1) is 23.0. The van der Waals surface area contributed by atoms with Crippen molar-refractivity contribution in [3.63, 3.8) is 0 Å². The first-order valence-electron chi connectivity index (χ1n) is 11.8. The topological polar surface area (TPSA) is 72.9 Å². The van der Waals surface area contributed by atoms with Crippen molar-refractivity contribution in [1.82, 2.24) is 4.90 Å². The molecule has 0 saturated carbocycles. The molecule has 0 spiro atoms. The molecule has 2 atom stereocenters. The number of rotatable bonds is 6. The number of benzene rings is 3. The third-order valence-electron chi connectivity index (χ3n) is 7.14. The van der Waals surface area contributed by atoms with Crippen LogP contribution in [0.5, 0.6) is 0 Å². The van der Waals surface area contributed by atoms with Gasteiger partial charge >= 0.3 is 11.9 Å². The number of likely N-dealkylation sites (tertiary alicyclic amines) is 1. The van der Waals surface area contributed by atoms with Crippen LogP contribution in [0.25, 0.3) is 11.1 Å². The Morgan fingerprint density at radius 1 is 0.914 bits per heavy atom. The van der Waals surface area contributed by atoms with Gasteiger partial charge in [-0.05, 0) is 34.7 Å². The van der Waals surface area contributed by atoms with E-state index in [4.69, 9.17) is 9.47 Å². The third kappa shape index (κ3) is 3.48. The smallest absolute Gasteiger partial charge is 0.323 e. The zero-order valence-electron chi connectivity index (χ0n) is 19.8. The van der Waals surface area contributed by atoms with Crippen LogP contribution in [-0.4, -0.2) is 48.9 Å². The second-order valence-electron chi connectivity index (χ2n) is 8.85. The molecule has 1 aliphatic carbocycles. The second-order valence-corrected chi connectivity index (χ2v) is 8.85. The third-order valence-corrected chi connectivity index (χ3v) is 7.14. The van der Waals surface area contributed by atoms with Crippen molar-refractivity contribution in [3.05, 3.63) is 95.6 Å². The summed E-state index contributed by atoms with van der Waals surface area (Å²) in [4.78, 5) is 41.1. The Morgan fingerprint density at radius 2 is 1.49 bits per heavy atom. The Labute approximate surface area is 204 Å². The number of carbonyl (C=O) groups excluding carboxylic acids is 3. The van der Waals surface area contributed by atoms with Crippen LogP contribution in [-0.2, 0) is 29.4 Å². The van der Waals surface area contributed by atoms with Gasteiger partial charge in [0, 0.05) is 0 Å². The van der Waals surface area contributed by atoms with Crippen LogP contribution < -0.4 is 0 Å². The maximum absolute atomic E-state index is 13.5. The molecule has 0 bridgehead atoms. The second kappa shape index (κ2) is 9.12. The monoisotopic (exact) mass is 469 g/mol. The average molecular weight is 470 g/mol. The maximum atomic E-state index is 13.5. The van der Waals surface area contributed by atoms with E-state index >= 15 is 0 Å². The lowest BCUT2D eigenvalue weighted by atomic mass is 9.78. The minimum atomic E-state index is -0.948. The number of methoxy groups -OCH3 is 1. The van der Waals surface area contributed by atoms with Crippen molar-refractivity contribution in [1.29, 1.82) is 0 Å². The van der Waals surface area contributed by atoms with Gasteiger partial charge in [0.25, 0.3) is 0 Å². The molecular formula is C29H27NO5. The number of nitrogens with zero attached hydrogens (tertiary/aromatic N) is 1. The molecule has 6 heteroatoms. The highest BCUT2D eigenvalue weighted by molar-refractivity contribution is 5.97. The zero-order chi connectivity index (χ0) is 24.6. The van der Waals surface area contributed by atoms with Gasteiger partial charge in [-0.2, -0.15) is 0 Å². The summed E-state index contributed by atoms with van der Waals surface area (Å²) in [6.45, 7) is 1.93. The van der Waals surface area contributed by atoms with Gasteiger partial charge in [-0.15, -0.1) is 0 Å². The highest BCUT2D eigenvalue weighted by Crippen LogP contribution is 2.56. The summed E-state index contributed by atoms with van der Waals surface area (Å²) in [5.41, 5.74) is 4.12. The molecule has 0 unspecified atom stereocenters. The number of fused-ring (bicyclic) bond motifs is 3. The van der Waals surface area contributed by atoms with Gasteiger partial charge in [-0.25, -0.2) is 0 Å². The van der Waals surface area contributed by atoms with Crippen molar-refractivity contribution in [2.75, 3.05) is 20.3 Å². The standard InChI is InChI=1S/C29H27NO5/c1-3-35-26(32)17-22-25(31)18-30(27(22)28(33)34-2)29(19-11-5-4-6-12-19)23-15-9-7-13-20(23)21-14-8-10-16-24(21)29/h4-16,22,27H,3,17-18H2,1-2H3/t22-,27+/m1/s1. The Bertz CT molecular complexity index is 1240. The summed E-state index contributed by atoms with van der Waals surface area (Å²) < 4.78 is 10.4. The summed E-state index contributed by atoms with van der Waals surface area (Å²) in [5.74, 6) is -2.07. The lowest BCUT2D eigenvalue weighted by Gasteiger charge is -2.43. The zero-order valence-corrected chi connectivity index (χ0v) is 19.8. The van der Waals surface area contributed by atoms with E-state index in [9.17, 15) is 14.4 Å². The number of hydrogen-bond donors (Lipinski definition) is 0. The van der Waals surface area contributed by atoms with E-state index < -0.39 is 29.4 Å². The molecule has 1 fully saturated rings. The maximum Gasteiger partial charge on any atom is 0.323 e. The molecule has 178 valence electrons. The van der Waals surface area contributed by atoms with Gasteiger partial charge in [-0.3, -0.25) is 19.3 Å². The van der Waals surface area contributed by atoms with E-state index in [1.165, 1.54) is 7.11 Å². The number of esters is 2. The molecular weight excluding hydrogens is 442 g/mol. The minimum Gasteiger partial charge on any atom is -0.468 e. The minimum absolute atomic E-state index is 0.00139. The van der Waals surface area contributed by atoms with Crippen molar-refractivity contribution in [3.8, 4) is 11.1 Å². The fraction of sp³-hybridized carbons (Fsp3) is 0.276. The Morgan fingerprint density at radius 3 is 2.06 bits per heavy atom. The summed E-state index contributed by atoms with van der Waals surface area (Å²) >= 11 is 0. The lowest BCUT2D eigenvalue weighted by molar-refractivity contribution is -0.151. The highest BCUT2D eigenvalue weighted by atomic mass is 16.5. The number of Topliss-reactive ketones (excluding diaryl/α,β-unsaturated/α-hetero) is 1. The van der Waals surface area contributed by atoms with E-state index in [2.05, 4.69) is 24.3 Å². The van der Waals surface area contributed by atoms with Gasteiger partial charge in [0.15, 0.2) is 5.78 Å². The Kier molecular flexibility index (Phi) is 5.99. The first-order chi connectivity index (χ1) is 17.0. The van der Waals surface area contributed by atoms with E-state index in [0.29, 0.717) is 0 Å². The Hall–Kier alpha value is -3.77. The van der Waals surface area contributed by atoms with Gasteiger partial charge in [-0.1, -0.05) is 78.9 Å². The van der Waals surface area contributed by atoms with Gasteiger partial charge in [0.1, 0.15) is 6.04 Å². The fourth-order valence-electron chi connectivity index (χ4n) is 5.82. The fourth-order valence-corrected chi connectivity index (χ4v) is 5.82. The van der Waals surface area contributed by atoms with E-state index in [1.54, 1.807) is 6.92 Å². The van der Waals surface area contributed by atoms with Crippen molar-refractivity contribution >= 4 is 17.7 Å². The van der Waals surface area contributed by atoms with Crippen molar-refractivity contribution in [2.24, 2.45) is 5.92 Å². The molecule has 0 radical (unpaired) electrons. The molecule has 3 aromatic rings. The van der Waals surface area contributed by atoms with Crippen LogP contribution in [0.3, 0.4) is 0 Å². The van der Waals surface area contributed by atoms with Crippen molar-refractivity contribution < 1.29 is 23.9 Å². The molecule has 0 aromatic heterocycles. The number of carbonyl (C=O) groups is 3. The Balaban J connectivity index is 1.77. The quantitative estimate of drug-likeness (QED) is 0.509. The van der Waals surface area contributed by atoms with E-state index in [-0.39, 0.29) is 25.4 Å². The lowest BCUT2D eigenvalue weighted by Crippen LogP contribution is -2.53. The molecule has 35 heavy (non-hydrogen) atoms. The molecule has 1 heterocycles. The summed E-state index contributed by atoms with van der Waals surface area (Å²) in [6.07, 6.45) is -0.170. The molecule has 0 amide bonds. The first-order valence-corrected chi connectivity index (χ1v) is 11.8. The SMILES string of the molecule is CCOC(=O)C[C@@H]1C(=O)CN(C2(c3ccccc3)c3ccccc3-c3ccccc32)[C@@H]1C(=O)OC. The van der Waals surface area contributed by atoms with Crippen LogP contribution >= 0.6 is 0 Å². The normalized spacial score (nSPS) is 20.2. The van der Waals surface area contributed by atoms with Crippen LogP contribution in [0.1, 0.15) is 30.0 Å².